The number of carbonyl (C=O) groups excluding carboxylic acids is 2. The van der Waals surface area contributed by atoms with E-state index in [1.165, 1.54) is 35.1 Å². The van der Waals surface area contributed by atoms with Crippen molar-refractivity contribution in [3.8, 4) is 17.2 Å². The standard InChI is InChI=1S/C39H37N3O6S2/c1-4-5-20-47-31-19-16-29(22-32(31)46-3)34-33(35(43)28-14-17-30(18-15-28)48-23-27-13-9-10-25(2)21-27)36(44)37(45)42(34)38-40-41-39(50-38)49-24-26-11-7-6-8-12-26/h6-19,21-22,34,43H,4-5,20,23-24H2,1-3H3/b35-33+. The highest BCUT2D eigenvalue weighted by molar-refractivity contribution is 8.00. The van der Waals surface area contributed by atoms with Crippen molar-refractivity contribution in [3.05, 3.63) is 130 Å². The molecule has 5 aromatic rings. The lowest BCUT2D eigenvalue weighted by molar-refractivity contribution is -0.132. The van der Waals surface area contributed by atoms with E-state index in [9.17, 15) is 14.7 Å². The predicted octanol–water partition coefficient (Wildman–Crippen LogP) is 8.53. The van der Waals surface area contributed by atoms with Crippen molar-refractivity contribution in [2.45, 2.75) is 49.4 Å². The van der Waals surface area contributed by atoms with Crippen molar-refractivity contribution in [3.63, 3.8) is 0 Å². The molecule has 1 unspecified atom stereocenters. The summed E-state index contributed by atoms with van der Waals surface area (Å²) in [5, 5.41) is 20.6. The summed E-state index contributed by atoms with van der Waals surface area (Å²) in [6.45, 7) is 5.01. The third-order valence-electron chi connectivity index (χ3n) is 8.13. The Kier molecular flexibility index (Phi) is 11.1. The van der Waals surface area contributed by atoms with Crippen LogP contribution in [-0.4, -0.2) is 40.7 Å². The number of thioether (sulfide) groups is 1. The monoisotopic (exact) mass is 707 g/mol. The maximum atomic E-state index is 13.8. The molecule has 256 valence electrons. The Hall–Kier alpha value is -5.13. The molecule has 1 fully saturated rings. The SMILES string of the molecule is CCCCOc1ccc(C2/C(=C(\O)c3ccc(OCc4cccc(C)c4)cc3)C(=O)C(=O)N2c2nnc(SCc3ccccc3)s2)cc1OC. The van der Waals surface area contributed by atoms with Gasteiger partial charge in [-0.25, -0.2) is 0 Å². The van der Waals surface area contributed by atoms with E-state index in [2.05, 4.69) is 23.2 Å². The van der Waals surface area contributed by atoms with Gasteiger partial charge in [-0.2, -0.15) is 0 Å². The lowest BCUT2D eigenvalue weighted by atomic mass is 9.95. The number of aliphatic hydroxyl groups is 1. The van der Waals surface area contributed by atoms with Crippen LogP contribution in [0.15, 0.2) is 107 Å². The van der Waals surface area contributed by atoms with Gasteiger partial charge in [-0.05, 0) is 66.4 Å². The van der Waals surface area contributed by atoms with E-state index in [0.717, 1.165) is 29.5 Å². The number of hydrogen-bond acceptors (Lipinski definition) is 10. The number of rotatable bonds is 14. The lowest BCUT2D eigenvalue weighted by Gasteiger charge is -2.23. The Morgan fingerprint density at radius 1 is 0.900 bits per heavy atom. The van der Waals surface area contributed by atoms with E-state index in [4.69, 9.17) is 14.2 Å². The average Bonchev–Trinajstić information content (AvgIpc) is 3.71. The minimum atomic E-state index is -1.01. The number of aryl methyl sites for hydroxylation is 1. The Balaban J connectivity index is 1.34. The molecular weight excluding hydrogens is 671 g/mol. The normalized spacial score (nSPS) is 15.3. The number of amides is 1. The molecule has 1 N–H and O–H groups in total. The van der Waals surface area contributed by atoms with Crippen molar-refractivity contribution in [2.75, 3.05) is 18.6 Å². The van der Waals surface area contributed by atoms with Crippen molar-refractivity contribution in [1.82, 2.24) is 10.2 Å². The molecule has 1 aromatic heterocycles. The van der Waals surface area contributed by atoms with Crippen LogP contribution in [0.5, 0.6) is 17.2 Å². The smallest absolute Gasteiger partial charge is 0.301 e. The second-order valence-corrected chi connectivity index (χ2v) is 13.9. The van der Waals surface area contributed by atoms with Crippen molar-refractivity contribution in [2.24, 2.45) is 0 Å². The molecule has 1 saturated heterocycles. The van der Waals surface area contributed by atoms with Gasteiger partial charge in [0.05, 0.1) is 25.3 Å². The molecule has 0 spiro atoms. The molecular formula is C39H37N3O6S2. The van der Waals surface area contributed by atoms with E-state index < -0.39 is 17.7 Å². The zero-order chi connectivity index (χ0) is 35.0. The minimum Gasteiger partial charge on any atom is -0.507 e. The molecule has 1 aliphatic rings. The van der Waals surface area contributed by atoms with Gasteiger partial charge in [0.15, 0.2) is 15.8 Å². The first kappa shape index (κ1) is 34.7. The fourth-order valence-corrected chi connectivity index (χ4v) is 7.38. The summed E-state index contributed by atoms with van der Waals surface area (Å²) in [7, 11) is 1.53. The Labute approximate surface area is 299 Å². The molecule has 1 aliphatic heterocycles. The zero-order valence-electron chi connectivity index (χ0n) is 28.0. The molecule has 6 rings (SSSR count). The molecule has 0 bridgehead atoms. The number of carbonyl (C=O) groups is 2. The van der Waals surface area contributed by atoms with Crippen LogP contribution >= 0.6 is 23.1 Å². The number of unbranched alkanes of at least 4 members (excludes halogenated alkanes) is 1. The van der Waals surface area contributed by atoms with Gasteiger partial charge >= 0.3 is 5.91 Å². The summed E-state index contributed by atoms with van der Waals surface area (Å²) in [4.78, 5) is 28.9. The number of aliphatic hydroxyl groups excluding tert-OH is 1. The first-order valence-corrected chi connectivity index (χ1v) is 18.1. The highest BCUT2D eigenvalue weighted by Gasteiger charge is 2.48. The number of Topliss-reactive ketones (excluding diaryl/α,β-unsaturated/α-hetero) is 1. The fourth-order valence-electron chi connectivity index (χ4n) is 5.56. The van der Waals surface area contributed by atoms with Crippen LogP contribution in [0.3, 0.4) is 0 Å². The second kappa shape index (κ2) is 16.1. The first-order valence-electron chi connectivity index (χ1n) is 16.3. The van der Waals surface area contributed by atoms with E-state index in [1.807, 2.05) is 55.5 Å². The zero-order valence-corrected chi connectivity index (χ0v) is 29.6. The van der Waals surface area contributed by atoms with Gasteiger partial charge in [0, 0.05) is 11.3 Å². The molecule has 11 heteroatoms. The molecule has 50 heavy (non-hydrogen) atoms. The molecule has 1 atom stereocenters. The Bertz CT molecular complexity index is 1990. The van der Waals surface area contributed by atoms with Crippen LogP contribution in [0.2, 0.25) is 0 Å². The predicted molar refractivity (Wildman–Crippen MR) is 196 cm³/mol. The molecule has 4 aromatic carbocycles. The topological polar surface area (TPSA) is 111 Å². The maximum Gasteiger partial charge on any atom is 0.301 e. The fraction of sp³-hybridized carbons (Fsp3) is 0.231. The van der Waals surface area contributed by atoms with Gasteiger partial charge in [-0.1, -0.05) is 103 Å². The summed E-state index contributed by atoms with van der Waals surface area (Å²) in [5.41, 5.74) is 4.13. The maximum absolute atomic E-state index is 13.8. The summed E-state index contributed by atoms with van der Waals surface area (Å²) >= 11 is 2.70. The van der Waals surface area contributed by atoms with Crippen molar-refractivity contribution in [1.29, 1.82) is 0 Å². The quantitative estimate of drug-likeness (QED) is 0.0303. The molecule has 2 heterocycles. The first-order chi connectivity index (χ1) is 24.4. The number of nitrogens with zero attached hydrogens (tertiary/aromatic N) is 3. The summed E-state index contributed by atoms with van der Waals surface area (Å²) < 4.78 is 18.2. The van der Waals surface area contributed by atoms with Crippen LogP contribution in [0.4, 0.5) is 5.13 Å². The Morgan fingerprint density at radius 3 is 2.42 bits per heavy atom. The molecule has 0 aliphatic carbocycles. The van der Waals surface area contributed by atoms with Crippen molar-refractivity contribution < 1.29 is 28.9 Å². The van der Waals surface area contributed by atoms with Gasteiger partial charge in [0.2, 0.25) is 5.13 Å². The van der Waals surface area contributed by atoms with Gasteiger partial charge < -0.3 is 19.3 Å². The number of anilines is 1. The van der Waals surface area contributed by atoms with Gasteiger partial charge in [-0.15, -0.1) is 10.2 Å². The molecule has 9 nitrogen and oxygen atoms in total. The second-order valence-electron chi connectivity index (χ2n) is 11.7. The Morgan fingerprint density at radius 2 is 1.68 bits per heavy atom. The number of ether oxygens (including phenoxy) is 3. The third kappa shape index (κ3) is 7.85. The van der Waals surface area contributed by atoms with Gasteiger partial charge in [-0.3, -0.25) is 14.5 Å². The van der Waals surface area contributed by atoms with Crippen LogP contribution in [0.1, 0.15) is 53.6 Å². The van der Waals surface area contributed by atoms with E-state index >= 15 is 0 Å². The van der Waals surface area contributed by atoms with E-state index in [1.54, 1.807) is 42.5 Å². The van der Waals surface area contributed by atoms with E-state index in [0.29, 0.717) is 51.7 Å². The minimum absolute atomic E-state index is 0.0705. The van der Waals surface area contributed by atoms with E-state index in [-0.39, 0.29) is 16.5 Å². The molecule has 0 saturated carbocycles. The highest BCUT2D eigenvalue weighted by atomic mass is 32.2. The number of benzene rings is 4. The van der Waals surface area contributed by atoms with Crippen LogP contribution in [-0.2, 0) is 21.9 Å². The molecule has 0 radical (unpaired) electrons. The van der Waals surface area contributed by atoms with Crippen LogP contribution in [0, 0.1) is 6.92 Å². The third-order valence-corrected chi connectivity index (χ3v) is 10.3. The summed E-state index contributed by atoms with van der Waals surface area (Å²) in [5.74, 6) is 0.286. The highest BCUT2D eigenvalue weighted by Crippen LogP contribution is 2.45. The van der Waals surface area contributed by atoms with Gasteiger partial charge in [0.1, 0.15) is 18.1 Å². The number of aromatic nitrogens is 2. The molecule has 1 amide bonds. The number of hydrogen-bond donors (Lipinski definition) is 1. The number of ketones is 1. The lowest BCUT2D eigenvalue weighted by Crippen LogP contribution is -2.29. The largest absolute Gasteiger partial charge is 0.507 e. The average molecular weight is 708 g/mol. The van der Waals surface area contributed by atoms with Crippen LogP contribution in [0.25, 0.3) is 5.76 Å². The van der Waals surface area contributed by atoms with Crippen molar-refractivity contribution >= 4 is 45.7 Å². The summed E-state index contributed by atoms with van der Waals surface area (Å²) in [6, 6.07) is 29.1. The van der Waals surface area contributed by atoms with Gasteiger partial charge in [0.25, 0.3) is 5.78 Å². The number of methoxy groups -OCH3 is 1. The van der Waals surface area contributed by atoms with Crippen LogP contribution < -0.4 is 19.1 Å². The summed E-state index contributed by atoms with van der Waals surface area (Å²) in [6.07, 6.45) is 1.85.